The summed E-state index contributed by atoms with van der Waals surface area (Å²) in [6.07, 6.45) is 11.1. The predicted octanol–water partition coefficient (Wildman–Crippen LogP) is 2.78. The average molecular weight is 273 g/mol. The van der Waals surface area contributed by atoms with Crippen molar-refractivity contribution in [2.45, 2.75) is 38.6 Å². The standard InChI is InChI=1S/C17H27N3/c1-2-4-16(5-3-1)14-19-10-12-20(13-11-19)15-17-6-8-18-9-7-17/h6-9,16H,1-5,10-15H2. The van der Waals surface area contributed by atoms with Crippen LogP contribution in [0.1, 0.15) is 37.7 Å². The molecule has 0 bridgehead atoms. The van der Waals surface area contributed by atoms with Crippen molar-refractivity contribution in [1.82, 2.24) is 14.8 Å². The van der Waals surface area contributed by atoms with Gasteiger partial charge in [-0.15, -0.1) is 0 Å². The second-order valence-electron chi connectivity index (χ2n) is 6.44. The molecule has 2 heterocycles. The Morgan fingerprint density at radius 1 is 0.900 bits per heavy atom. The normalized spacial score (nSPS) is 23.0. The van der Waals surface area contributed by atoms with Crippen molar-refractivity contribution < 1.29 is 0 Å². The smallest absolute Gasteiger partial charge is 0.0271 e. The molecule has 3 heteroatoms. The van der Waals surface area contributed by atoms with E-state index in [1.165, 1.54) is 70.4 Å². The number of hydrogen-bond donors (Lipinski definition) is 0. The summed E-state index contributed by atoms with van der Waals surface area (Å²) in [5.41, 5.74) is 1.39. The highest BCUT2D eigenvalue weighted by molar-refractivity contribution is 5.09. The first-order chi connectivity index (χ1) is 9.90. The van der Waals surface area contributed by atoms with Crippen molar-refractivity contribution in [3.05, 3.63) is 30.1 Å². The van der Waals surface area contributed by atoms with Crippen molar-refractivity contribution >= 4 is 0 Å². The molecule has 1 aromatic heterocycles. The van der Waals surface area contributed by atoms with Crippen molar-refractivity contribution in [3.63, 3.8) is 0 Å². The van der Waals surface area contributed by atoms with Crippen LogP contribution in [0.5, 0.6) is 0 Å². The lowest BCUT2D eigenvalue weighted by molar-refractivity contribution is 0.105. The molecule has 1 aromatic rings. The molecule has 1 aliphatic heterocycles. The maximum absolute atomic E-state index is 4.09. The first kappa shape index (κ1) is 14.0. The molecule has 20 heavy (non-hydrogen) atoms. The van der Waals surface area contributed by atoms with E-state index in [1.807, 2.05) is 12.4 Å². The van der Waals surface area contributed by atoms with E-state index in [0.717, 1.165) is 12.5 Å². The summed E-state index contributed by atoms with van der Waals surface area (Å²) in [7, 11) is 0. The summed E-state index contributed by atoms with van der Waals surface area (Å²) in [6.45, 7) is 7.37. The van der Waals surface area contributed by atoms with Gasteiger partial charge in [-0.3, -0.25) is 9.88 Å². The van der Waals surface area contributed by atoms with Crippen LogP contribution in [0.4, 0.5) is 0 Å². The van der Waals surface area contributed by atoms with Crippen LogP contribution in [0.3, 0.4) is 0 Å². The molecule has 3 nitrogen and oxygen atoms in total. The van der Waals surface area contributed by atoms with Crippen LogP contribution in [0.25, 0.3) is 0 Å². The molecule has 0 spiro atoms. The molecule has 1 saturated heterocycles. The fourth-order valence-corrected chi connectivity index (χ4v) is 3.61. The largest absolute Gasteiger partial charge is 0.301 e. The van der Waals surface area contributed by atoms with Crippen molar-refractivity contribution in [3.8, 4) is 0 Å². The lowest BCUT2D eigenvalue weighted by Gasteiger charge is -2.37. The fourth-order valence-electron chi connectivity index (χ4n) is 3.61. The molecular formula is C17H27N3. The van der Waals surface area contributed by atoms with E-state index < -0.39 is 0 Å². The third-order valence-electron chi connectivity index (χ3n) is 4.86. The average Bonchev–Trinajstić information content (AvgIpc) is 2.51. The topological polar surface area (TPSA) is 19.4 Å². The molecule has 2 fully saturated rings. The number of pyridine rings is 1. The van der Waals surface area contributed by atoms with Gasteiger partial charge in [0.25, 0.3) is 0 Å². The van der Waals surface area contributed by atoms with Gasteiger partial charge in [-0.1, -0.05) is 19.3 Å². The van der Waals surface area contributed by atoms with Crippen LogP contribution >= 0.6 is 0 Å². The van der Waals surface area contributed by atoms with Gasteiger partial charge in [0.05, 0.1) is 0 Å². The Bertz CT molecular complexity index is 378. The van der Waals surface area contributed by atoms with Crippen molar-refractivity contribution in [2.24, 2.45) is 5.92 Å². The predicted molar refractivity (Wildman–Crippen MR) is 82.5 cm³/mol. The minimum absolute atomic E-state index is 0.982. The second-order valence-corrected chi connectivity index (χ2v) is 6.44. The molecule has 0 unspecified atom stereocenters. The second kappa shape index (κ2) is 7.19. The highest BCUT2D eigenvalue weighted by Gasteiger charge is 2.21. The fraction of sp³-hybridized carbons (Fsp3) is 0.706. The molecule has 0 amide bonds. The summed E-state index contributed by atoms with van der Waals surface area (Å²) < 4.78 is 0. The molecule has 2 aliphatic rings. The van der Waals surface area contributed by atoms with Crippen molar-refractivity contribution in [1.29, 1.82) is 0 Å². The number of aromatic nitrogens is 1. The Morgan fingerprint density at radius 3 is 2.25 bits per heavy atom. The molecule has 0 N–H and O–H groups in total. The van der Waals surface area contributed by atoms with Crippen LogP contribution in [0, 0.1) is 5.92 Å². The van der Waals surface area contributed by atoms with Crippen LogP contribution in [0.2, 0.25) is 0 Å². The molecule has 0 aromatic carbocycles. The van der Waals surface area contributed by atoms with Gasteiger partial charge in [0.1, 0.15) is 0 Å². The Labute approximate surface area is 123 Å². The van der Waals surface area contributed by atoms with Gasteiger partial charge in [0.15, 0.2) is 0 Å². The van der Waals surface area contributed by atoms with Gasteiger partial charge in [0, 0.05) is 51.7 Å². The van der Waals surface area contributed by atoms with Gasteiger partial charge < -0.3 is 4.90 Å². The molecule has 110 valence electrons. The zero-order valence-corrected chi connectivity index (χ0v) is 12.5. The van der Waals surface area contributed by atoms with Gasteiger partial charge in [-0.2, -0.15) is 0 Å². The minimum atomic E-state index is 0.982. The maximum Gasteiger partial charge on any atom is 0.0271 e. The maximum atomic E-state index is 4.09. The van der Waals surface area contributed by atoms with E-state index in [4.69, 9.17) is 0 Å². The minimum Gasteiger partial charge on any atom is -0.301 e. The van der Waals surface area contributed by atoms with Crippen LogP contribution in [0.15, 0.2) is 24.5 Å². The van der Waals surface area contributed by atoms with E-state index in [-0.39, 0.29) is 0 Å². The van der Waals surface area contributed by atoms with E-state index >= 15 is 0 Å². The number of rotatable bonds is 4. The van der Waals surface area contributed by atoms with E-state index in [9.17, 15) is 0 Å². The summed E-state index contributed by atoms with van der Waals surface area (Å²) in [5.74, 6) is 0.982. The first-order valence-corrected chi connectivity index (χ1v) is 8.24. The SMILES string of the molecule is c1cc(CN2CCN(CC3CCCCC3)CC2)ccn1. The van der Waals surface area contributed by atoms with Crippen LogP contribution in [-0.2, 0) is 6.54 Å². The molecule has 0 radical (unpaired) electrons. The van der Waals surface area contributed by atoms with Crippen LogP contribution < -0.4 is 0 Å². The molecule has 0 atom stereocenters. The third-order valence-corrected chi connectivity index (χ3v) is 4.86. The van der Waals surface area contributed by atoms with Crippen molar-refractivity contribution in [2.75, 3.05) is 32.7 Å². The van der Waals surface area contributed by atoms with Gasteiger partial charge in [-0.25, -0.2) is 0 Å². The molecule has 3 rings (SSSR count). The molecule has 1 saturated carbocycles. The lowest BCUT2D eigenvalue weighted by Crippen LogP contribution is -2.47. The van der Waals surface area contributed by atoms with Crippen LogP contribution in [-0.4, -0.2) is 47.5 Å². The summed E-state index contributed by atoms with van der Waals surface area (Å²) in [6, 6.07) is 4.27. The quantitative estimate of drug-likeness (QED) is 0.841. The monoisotopic (exact) mass is 273 g/mol. The van der Waals surface area contributed by atoms with Gasteiger partial charge in [0.2, 0.25) is 0 Å². The van der Waals surface area contributed by atoms with Gasteiger partial charge in [-0.05, 0) is 36.5 Å². The third kappa shape index (κ3) is 4.03. The Hall–Kier alpha value is -0.930. The first-order valence-electron chi connectivity index (χ1n) is 8.24. The molecule has 1 aliphatic carbocycles. The number of piperazine rings is 1. The highest BCUT2D eigenvalue weighted by atomic mass is 15.3. The zero-order chi connectivity index (χ0) is 13.6. The Balaban J connectivity index is 1.40. The van der Waals surface area contributed by atoms with E-state index in [0.29, 0.717) is 0 Å². The Kier molecular flexibility index (Phi) is 5.04. The Morgan fingerprint density at radius 2 is 1.55 bits per heavy atom. The highest BCUT2D eigenvalue weighted by Crippen LogP contribution is 2.24. The lowest BCUT2D eigenvalue weighted by atomic mass is 9.89. The van der Waals surface area contributed by atoms with Gasteiger partial charge >= 0.3 is 0 Å². The van der Waals surface area contributed by atoms with E-state index in [2.05, 4.69) is 26.9 Å². The summed E-state index contributed by atoms with van der Waals surface area (Å²) in [5, 5.41) is 0. The number of nitrogens with zero attached hydrogens (tertiary/aromatic N) is 3. The zero-order valence-electron chi connectivity index (χ0n) is 12.5. The molecular weight excluding hydrogens is 246 g/mol. The number of hydrogen-bond acceptors (Lipinski definition) is 3. The summed E-state index contributed by atoms with van der Waals surface area (Å²) >= 11 is 0. The summed E-state index contributed by atoms with van der Waals surface area (Å²) in [4.78, 5) is 9.36. The van der Waals surface area contributed by atoms with E-state index in [1.54, 1.807) is 0 Å².